The number of rotatable bonds is 4. The van der Waals surface area contributed by atoms with Gasteiger partial charge in [0, 0.05) is 43.9 Å². The smallest absolute Gasteiger partial charge is 0.274 e. The molecule has 2 aliphatic carbocycles. The van der Waals surface area contributed by atoms with Gasteiger partial charge in [0.2, 0.25) is 0 Å². The molecule has 2 heterocycles. The van der Waals surface area contributed by atoms with E-state index in [9.17, 15) is 18.4 Å². The van der Waals surface area contributed by atoms with E-state index < -0.39 is 17.5 Å². The summed E-state index contributed by atoms with van der Waals surface area (Å²) < 4.78 is 27.8. The number of nitrogens with one attached hydrogen (secondary N) is 1. The van der Waals surface area contributed by atoms with Crippen LogP contribution in [-0.4, -0.2) is 29.5 Å². The maximum absolute atomic E-state index is 13.3. The van der Waals surface area contributed by atoms with Gasteiger partial charge >= 0.3 is 0 Å². The van der Waals surface area contributed by atoms with Crippen LogP contribution in [0, 0.1) is 18.3 Å². The fourth-order valence-corrected chi connectivity index (χ4v) is 5.07. The fraction of sp³-hybridized carbons (Fsp3) is 0.538. The van der Waals surface area contributed by atoms with Crippen molar-refractivity contribution in [2.24, 2.45) is 11.3 Å². The molecule has 1 amide bonds. The van der Waals surface area contributed by atoms with Crippen LogP contribution in [0.2, 0.25) is 0 Å². The average Bonchev–Trinajstić information content (AvgIpc) is 3.45. The molecule has 2 unspecified atom stereocenters. The number of hydrogen-bond donors (Lipinski definition) is 1. The molecular weight excluding hydrogens is 424 g/mol. The molecule has 2 atom stereocenters. The molecule has 3 fully saturated rings. The highest BCUT2D eigenvalue weighted by Gasteiger charge is 2.52. The molecule has 3 aliphatic rings. The highest BCUT2D eigenvalue weighted by atomic mass is 19.3. The summed E-state index contributed by atoms with van der Waals surface area (Å²) in [5, 5.41) is 2.73. The van der Waals surface area contributed by atoms with E-state index >= 15 is 0 Å². The molecule has 1 aliphatic heterocycles. The summed E-state index contributed by atoms with van der Waals surface area (Å²) >= 11 is 0. The van der Waals surface area contributed by atoms with E-state index in [0.717, 1.165) is 30.8 Å². The third-order valence-corrected chi connectivity index (χ3v) is 7.35. The number of nitrogens with zero attached hydrogens (tertiary/aromatic N) is 2. The fourth-order valence-electron chi connectivity index (χ4n) is 5.07. The zero-order valence-electron chi connectivity index (χ0n) is 19.8. The molecule has 1 aromatic heterocycles. The predicted molar refractivity (Wildman–Crippen MR) is 127 cm³/mol. The molecule has 1 saturated heterocycles. The van der Waals surface area contributed by atoms with Gasteiger partial charge in [0.05, 0.1) is 5.56 Å². The number of aromatic nitrogens is 1. The lowest BCUT2D eigenvalue weighted by Gasteiger charge is -2.36. The molecule has 0 bridgehead atoms. The number of benzene rings is 1. The van der Waals surface area contributed by atoms with Gasteiger partial charge in [-0.15, -0.1) is 0 Å². The summed E-state index contributed by atoms with van der Waals surface area (Å²) in [6, 6.07) is 8.33. The summed E-state index contributed by atoms with van der Waals surface area (Å²) in [7, 11) is 0. The van der Waals surface area contributed by atoms with E-state index in [1.54, 1.807) is 12.1 Å². The lowest BCUT2D eigenvalue weighted by molar-refractivity contribution is -0.104. The number of carbonyl (C=O) groups excluding carboxylic acids is 1. The highest BCUT2D eigenvalue weighted by Crippen LogP contribution is 2.57. The monoisotopic (exact) mass is 457 g/mol. The van der Waals surface area contributed by atoms with Crippen molar-refractivity contribution in [3.05, 3.63) is 58.0 Å². The first-order valence-corrected chi connectivity index (χ1v) is 11.9. The Labute approximate surface area is 193 Å². The molecule has 0 radical (unpaired) electrons. The normalized spacial score (nSPS) is 25.3. The van der Waals surface area contributed by atoms with Crippen LogP contribution in [0.1, 0.15) is 68.4 Å². The second-order valence-electron chi connectivity index (χ2n) is 9.78. The quantitative estimate of drug-likeness (QED) is 0.646. The number of halogens is 2. The van der Waals surface area contributed by atoms with Crippen molar-refractivity contribution < 1.29 is 13.6 Å². The Morgan fingerprint density at radius 1 is 1.15 bits per heavy atom. The first-order chi connectivity index (χ1) is 15.7. The molecule has 1 N–H and O–H groups in total. The Kier molecular flexibility index (Phi) is 6.10. The second kappa shape index (κ2) is 8.58. The molecule has 2 aromatic rings. The van der Waals surface area contributed by atoms with Crippen molar-refractivity contribution in [3.63, 3.8) is 0 Å². The zero-order chi connectivity index (χ0) is 24.0. The van der Waals surface area contributed by atoms with Crippen molar-refractivity contribution in [3.8, 4) is 0 Å². The van der Waals surface area contributed by atoms with Crippen molar-refractivity contribution in [2.75, 3.05) is 23.3 Å². The Bertz CT molecular complexity index is 1100. The minimum absolute atomic E-state index is 0.114. The molecule has 2 saturated carbocycles. The van der Waals surface area contributed by atoms with E-state index in [2.05, 4.69) is 17.1 Å². The van der Waals surface area contributed by atoms with Crippen molar-refractivity contribution in [1.82, 2.24) is 4.57 Å². The van der Waals surface area contributed by atoms with Gasteiger partial charge < -0.3 is 14.8 Å². The average molecular weight is 458 g/mol. The maximum atomic E-state index is 13.3. The minimum atomic E-state index is -2.72. The molecule has 5 rings (SSSR count). The number of anilines is 2. The van der Waals surface area contributed by atoms with Crippen LogP contribution in [0.4, 0.5) is 20.2 Å². The molecule has 33 heavy (non-hydrogen) atoms. The van der Waals surface area contributed by atoms with Gasteiger partial charge in [-0.2, -0.15) is 0 Å². The Morgan fingerprint density at radius 2 is 1.88 bits per heavy atom. The molecule has 1 aromatic carbocycles. The lowest BCUT2D eigenvalue weighted by Crippen LogP contribution is -2.41. The summed E-state index contributed by atoms with van der Waals surface area (Å²) in [6.07, 6.45) is 3.17. The number of fused-ring (bicyclic) bond motifs is 1. The van der Waals surface area contributed by atoms with E-state index in [-0.39, 0.29) is 24.4 Å². The van der Waals surface area contributed by atoms with Crippen molar-refractivity contribution >= 4 is 17.3 Å². The Balaban J connectivity index is 0.00000126. The van der Waals surface area contributed by atoms with Gasteiger partial charge in [-0.3, -0.25) is 9.59 Å². The summed E-state index contributed by atoms with van der Waals surface area (Å²) in [5.41, 5.74) is 2.61. The Hall–Kier alpha value is -2.70. The van der Waals surface area contributed by atoms with Crippen LogP contribution < -0.4 is 15.8 Å². The Morgan fingerprint density at radius 3 is 2.55 bits per heavy atom. The van der Waals surface area contributed by atoms with Crippen molar-refractivity contribution in [2.45, 2.75) is 65.3 Å². The van der Waals surface area contributed by atoms with E-state index in [1.807, 2.05) is 32.9 Å². The van der Waals surface area contributed by atoms with Gasteiger partial charge in [0.25, 0.3) is 17.4 Å². The van der Waals surface area contributed by atoms with E-state index in [0.29, 0.717) is 16.9 Å². The van der Waals surface area contributed by atoms with Crippen LogP contribution in [0.15, 0.2) is 41.3 Å². The van der Waals surface area contributed by atoms with Crippen molar-refractivity contribution in [1.29, 1.82) is 0 Å². The zero-order valence-corrected chi connectivity index (χ0v) is 19.8. The van der Waals surface area contributed by atoms with Gasteiger partial charge in [0.1, 0.15) is 5.69 Å². The van der Waals surface area contributed by atoms with Gasteiger partial charge in [-0.1, -0.05) is 26.8 Å². The predicted octanol–water partition coefficient (Wildman–Crippen LogP) is 5.64. The standard InChI is InChI=1S/C24H27F2N3O2.C2H6/c1-15-5-6-18(20(10-15)28-9-7-23(2)11-16(23)14-28)21(30)27-19-4-3-8-29(22(19)31)17-12-24(25,26)13-17;1-2/h3-6,8,10,16-17H,7,9,11-14H2,1-2H3,(H,27,30);1-2H3. The minimum Gasteiger partial charge on any atom is -0.371 e. The number of piperidine rings is 1. The number of hydrogen-bond acceptors (Lipinski definition) is 3. The highest BCUT2D eigenvalue weighted by molar-refractivity contribution is 6.08. The van der Waals surface area contributed by atoms with E-state index in [1.165, 1.54) is 23.3 Å². The van der Waals surface area contributed by atoms with Crippen LogP contribution in [0.25, 0.3) is 0 Å². The number of carbonyl (C=O) groups is 1. The van der Waals surface area contributed by atoms with Crippen LogP contribution in [0.3, 0.4) is 0 Å². The van der Waals surface area contributed by atoms with E-state index in [4.69, 9.17) is 0 Å². The van der Waals surface area contributed by atoms with Crippen LogP contribution >= 0.6 is 0 Å². The number of alkyl halides is 2. The van der Waals surface area contributed by atoms with Gasteiger partial charge in [-0.05, 0) is 60.9 Å². The molecule has 0 spiro atoms. The second-order valence-corrected chi connectivity index (χ2v) is 9.78. The number of aryl methyl sites for hydroxylation is 1. The summed E-state index contributed by atoms with van der Waals surface area (Å²) in [5.74, 6) is -2.40. The topological polar surface area (TPSA) is 54.3 Å². The van der Waals surface area contributed by atoms with Crippen LogP contribution in [-0.2, 0) is 0 Å². The largest absolute Gasteiger partial charge is 0.371 e. The lowest BCUT2D eigenvalue weighted by atomic mass is 9.88. The van der Waals surface area contributed by atoms with Gasteiger partial charge in [0.15, 0.2) is 0 Å². The molecule has 178 valence electrons. The first-order valence-electron chi connectivity index (χ1n) is 11.9. The molecular formula is C26H33F2N3O2. The summed E-state index contributed by atoms with van der Waals surface area (Å²) in [6.45, 7) is 10.2. The molecule has 7 heteroatoms. The maximum Gasteiger partial charge on any atom is 0.274 e. The summed E-state index contributed by atoms with van der Waals surface area (Å²) in [4.78, 5) is 28.2. The number of amides is 1. The molecule has 5 nitrogen and oxygen atoms in total. The van der Waals surface area contributed by atoms with Crippen LogP contribution in [0.5, 0.6) is 0 Å². The third-order valence-electron chi connectivity index (χ3n) is 7.35. The third kappa shape index (κ3) is 4.55. The first kappa shape index (κ1) is 23.5. The van der Waals surface area contributed by atoms with Gasteiger partial charge in [-0.25, -0.2) is 8.78 Å². The number of pyridine rings is 1. The SMILES string of the molecule is CC.Cc1ccc(C(=O)Nc2cccn(C3CC(F)(F)C3)c2=O)c(N2CCC3(C)CC3C2)c1.